The normalized spacial score (nSPS) is 17.4. The fraction of sp³-hybridized carbons (Fsp3) is 0.586. The number of rotatable bonds is 10. The molecular weight excluding hydrogens is 496 g/mol. The number of nitrogens with one attached hydrogen (secondary N) is 1. The fourth-order valence-electron chi connectivity index (χ4n) is 6.13. The van der Waals surface area contributed by atoms with Gasteiger partial charge in [-0.2, -0.15) is 5.10 Å². The van der Waals surface area contributed by atoms with Crippen LogP contribution in [0.25, 0.3) is 22.3 Å². The van der Waals surface area contributed by atoms with Gasteiger partial charge in [-0.25, -0.2) is 4.68 Å². The molecule has 0 saturated carbocycles. The van der Waals surface area contributed by atoms with Crippen LogP contribution in [0, 0.1) is 0 Å². The van der Waals surface area contributed by atoms with Gasteiger partial charge in [-0.1, -0.05) is 33.5 Å². The third-order valence-corrected chi connectivity index (χ3v) is 10.2. The number of aromatic nitrogens is 3. The van der Waals surface area contributed by atoms with Gasteiger partial charge in [0.25, 0.3) is 0 Å². The maximum atomic E-state index is 13.7. The number of aliphatic hydroxyl groups is 2. The number of hydrogen-bond acceptors (Lipinski definition) is 5. The van der Waals surface area contributed by atoms with Crippen LogP contribution in [0.15, 0.2) is 18.3 Å². The highest BCUT2D eigenvalue weighted by Gasteiger charge is 2.49. The van der Waals surface area contributed by atoms with E-state index in [1.165, 1.54) is 11.1 Å². The first-order valence-electron chi connectivity index (χ1n) is 14.1. The van der Waals surface area contributed by atoms with Gasteiger partial charge in [-0.3, -0.25) is 4.79 Å². The summed E-state index contributed by atoms with van der Waals surface area (Å²) in [6.07, 6.45) is 5.41. The summed E-state index contributed by atoms with van der Waals surface area (Å²) < 4.78 is 7.89. The predicted molar refractivity (Wildman–Crippen MR) is 153 cm³/mol. The van der Waals surface area contributed by atoms with Crippen molar-refractivity contribution >= 4 is 30.6 Å². The molecule has 3 aromatic rings. The SMILES string of the molecule is CCC1(CC)C(=O)N(CC(O)CO)c2cc3c4c([nH]c3cc21)-c1nn(COCC[Si](C)(C)C)cc1CCC4. The number of ether oxygens (including phenoxy) is 1. The zero-order valence-electron chi connectivity index (χ0n) is 23.4. The van der Waals surface area contributed by atoms with Crippen LogP contribution >= 0.6 is 0 Å². The second-order valence-corrected chi connectivity index (χ2v) is 17.8. The number of β-amino-alcohol motifs (C(OH)–C–C–N with tert-alkyl or cyclic N) is 1. The zero-order valence-corrected chi connectivity index (χ0v) is 24.4. The van der Waals surface area contributed by atoms with Crippen LogP contribution in [0.1, 0.15) is 49.8 Å². The lowest BCUT2D eigenvalue weighted by molar-refractivity contribution is -0.123. The van der Waals surface area contributed by atoms with E-state index in [-0.39, 0.29) is 19.1 Å². The van der Waals surface area contributed by atoms with E-state index in [1.54, 1.807) is 4.90 Å². The largest absolute Gasteiger partial charge is 0.394 e. The molecule has 1 aliphatic carbocycles. The summed E-state index contributed by atoms with van der Waals surface area (Å²) in [6.45, 7) is 12.1. The summed E-state index contributed by atoms with van der Waals surface area (Å²) in [4.78, 5) is 19.0. The van der Waals surface area contributed by atoms with Gasteiger partial charge in [0, 0.05) is 37.5 Å². The van der Waals surface area contributed by atoms with E-state index in [4.69, 9.17) is 9.84 Å². The van der Waals surface area contributed by atoms with Gasteiger partial charge in [-0.05, 0) is 67.0 Å². The lowest BCUT2D eigenvalue weighted by Gasteiger charge is -2.26. The summed E-state index contributed by atoms with van der Waals surface area (Å²) in [5.41, 5.74) is 6.76. The van der Waals surface area contributed by atoms with Gasteiger partial charge >= 0.3 is 0 Å². The van der Waals surface area contributed by atoms with Gasteiger partial charge in [0.2, 0.25) is 5.91 Å². The number of hydrogen-bond donors (Lipinski definition) is 3. The molecule has 1 amide bonds. The standard InChI is InChI=1S/C29H42N4O4Si/c1-6-29(7-2)23-14-24-22(13-25(23)33(28(29)36)16-20(35)17-34)21-10-8-9-19-15-32(31-26(19)27(21)30-24)18-37-11-12-38(3,4)5/h13-15,20,30,34-35H,6-12,16-18H2,1-5H3. The second kappa shape index (κ2) is 10.3. The van der Waals surface area contributed by atoms with E-state index >= 15 is 0 Å². The van der Waals surface area contributed by atoms with Crippen LogP contribution < -0.4 is 4.90 Å². The lowest BCUT2D eigenvalue weighted by atomic mass is 9.76. The Hall–Kier alpha value is -2.46. The number of carbonyl (C=O) groups excluding carboxylic acids is 1. The molecular formula is C29H42N4O4Si. The highest BCUT2D eigenvalue weighted by molar-refractivity contribution is 6.76. The van der Waals surface area contributed by atoms with Crippen molar-refractivity contribution in [3.05, 3.63) is 35.0 Å². The number of amides is 1. The Balaban J connectivity index is 1.54. The average Bonchev–Trinajstić information content (AvgIpc) is 3.48. The number of H-pyrrole nitrogens is 1. The molecule has 2 aliphatic rings. The van der Waals surface area contributed by atoms with Crippen molar-refractivity contribution in [3.63, 3.8) is 0 Å². The Labute approximate surface area is 226 Å². The third-order valence-electron chi connectivity index (χ3n) is 8.46. The Morgan fingerprint density at radius 1 is 1.21 bits per heavy atom. The molecule has 0 fully saturated rings. The van der Waals surface area contributed by atoms with Crippen LogP contribution in [0.3, 0.4) is 0 Å². The van der Waals surface area contributed by atoms with Gasteiger partial charge in [-0.15, -0.1) is 0 Å². The number of fused-ring (bicyclic) bond motifs is 6. The smallest absolute Gasteiger partial charge is 0.237 e. The molecule has 206 valence electrons. The number of aromatic amines is 1. The number of aliphatic hydroxyl groups excluding tert-OH is 2. The van der Waals surface area contributed by atoms with E-state index in [2.05, 4.69) is 56.8 Å². The topological polar surface area (TPSA) is 104 Å². The van der Waals surface area contributed by atoms with E-state index in [0.29, 0.717) is 19.6 Å². The van der Waals surface area contributed by atoms with Gasteiger partial charge in [0.05, 0.1) is 30.4 Å². The van der Waals surface area contributed by atoms with Crippen LogP contribution in [0.2, 0.25) is 25.7 Å². The molecule has 3 heterocycles. The first-order chi connectivity index (χ1) is 18.1. The summed E-state index contributed by atoms with van der Waals surface area (Å²) in [5, 5.41) is 25.8. The van der Waals surface area contributed by atoms with E-state index < -0.39 is 19.6 Å². The molecule has 0 saturated heterocycles. The number of aryl methyl sites for hydroxylation is 2. The quantitative estimate of drug-likeness (QED) is 0.259. The Kier molecular flexibility index (Phi) is 7.32. The minimum Gasteiger partial charge on any atom is -0.394 e. The maximum Gasteiger partial charge on any atom is 0.237 e. The molecule has 9 heteroatoms. The Morgan fingerprint density at radius 2 is 1.97 bits per heavy atom. The molecule has 0 radical (unpaired) electrons. The first-order valence-corrected chi connectivity index (χ1v) is 17.8. The van der Waals surface area contributed by atoms with Gasteiger partial charge in [0.15, 0.2) is 0 Å². The second-order valence-electron chi connectivity index (χ2n) is 12.2. The molecule has 2 aromatic heterocycles. The van der Waals surface area contributed by atoms with Gasteiger partial charge < -0.3 is 24.8 Å². The number of nitrogens with zero attached hydrogens (tertiary/aromatic N) is 3. The molecule has 1 atom stereocenters. The molecule has 8 nitrogen and oxygen atoms in total. The van der Waals surface area contributed by atoms with Gasteiger partial charge in [0.1, 0.15) is 12.4 Å². The molecule has 1 unspecified atom stereocenters. The van der Waals surface area contributed by atoms with Crippen LogP contribution in [0.4, 0.5) is 5.69 Å². The van der Waals surface area contributed by atoms with E-state index in [0.717, 1.165) is 65.5 Å². The minimum absolute atomic E-state index is 0.0129. The predicted octanol–water partition coefficient (Wildman–Crippen LogP) is 4.59. The molecule has 0 bridgehead atoms. The highest BCUT2D eigenvalue weighted by atomic mass is 28.3. The van der Waals surface area contributed by atoms with Crippen LogP contribution in [0.5, 0.6) is 0 Å². The average molecular weight is 539 g/mol. The Morgan fingerprint density at radius 3 is 2.66 bits per heavy atom. The van der Waals surface area contributed by atoms with Crippen molar-refractivity contribution in [2.75, 3.05) is 24.7 Å². The molecule has 1 aromatic carbocycles. The number of benzene rings is 1. The number of anilines is 1. The van der Waals surface area contributed by atoms with Crippen molar-refractivity contribution < 1.29 is 19.7 Å². The van der Waals surface area contributed by atoms with Crippen LogP contribution in [-0.4, -0.2) is 64.8 Å². The van der Waals surface area contributed by atoms with Crippen molar-refractivity contribution in [3.8, 4) is 11.4 Å². The summed E-state index contributed by atoms with van der Waals surface area (Å²) in [7, 11) is -1.13. The molecule has 0 spiro atoms. The van der Waals surface area contributed by atoms with Crippen molar-refractivity contribution in [2.24, 2.45) is 0 Å². The maximum absolute atomic E-state index is 13.7. The fourth-order valence-corrected chi connectivity index (χ4v) is 6.89. The van der Waals surface area contributed by atoms with Crippen molar-refractivity contribution in [2.45, 2.75) is 89.9 Å². The zero-order chi connectivity index (χ0) is 27.2. The molecule has 1 aliphatic heterocycles. The number of carbonyl (C=O) groups is 1. The lowest BCUT2D eigenvalue weighted by Crippen LogP contribution is -2.43. The third kappa shape index (κ3) is 4.63. The monoisotopic (exact) mass is 538 g/mol. The summed E-state index contributed by atoms with van der Waals surface area (Å²) in [6, 6.07) is 5.40. The summed E-state index contributed by atoms with van der Waals surface area (Å²) in [5.74, 6) is 0.0129. The Bertz CT molecular complexity index is 1330. The van der Waals surface area contributed by atoms with Crippen molar-refractivity contribution in [1.29, 1.82) is 0 Å². The van der Waals surface area contributed by atoms with Crippen molar-refractivity contribution in [1.82, 2.24) is 14.8 Å². The minimum atomic E-state index is -1.13. The molecule has 3 N–H and O–H groups in total. The van der Waals surface area contributed by atoms with E-state index in [9.17, 15) is 15.0 Å². The highest BCUT2D eigenvalue weighted by Crippen LogP contribution is 2.49. The molecule has 38 heavy (non-hydrogen) atoms. The van der Waals surface area contributed by atoms with Crippen LogP contribution in [-0.2, 0) is 34.5 Å². The van der Waals surface area contributed by atoms with E-state index in [1.807, 2.05) is 4.68 Å². The first kappa shape index (κ1) is 27.1. The molecule has 5 rings (SSSR count). The summed E-state index contributed by atoms with van der Waals surface area (Å²) >= 11 is 0.